The van der Waals surface area contributed by atoms with Crippen LogP contribution >= 0.6 is 0 Å². The van der Waals surface area contributed by atoms with Gasteiger partial charge in [-0.3, -0.25) is 4.98 Å². The van der Waals surface area contributed by atoms with Gasteiger partial charge in [-0.05, 0) is 86.7 Å². The van der Waals surface area contributed by atoms with Crippen LogP contribution in [-0.2, 0) is 12.8 Å². The Morgan fingerprint density at radius 2 is 1.32 bits per heavy atom. The molecule has 1 nitrogen and oxygen atoms in total. The largest absolute Gasteiger partial charge is 0.261 e. The second-order valence-corrected chi connectivity index (χ2v) is 10.0. The molecule has 2 aliphatic rings. The summed E-state index contributed by atoms with van der Waals surface area (Å²) in [5, 5.41) is 0. The minimum absolute atomic E-state index is 0.957. The molecule has 0 N–H and O–H groups in total. The van der Waals surface area contributed by atoms with Crippen molar-refractivity contribution in [1.29, 1.82) is 0 Å². The van der Waals surface area contributed by atoms with Crippen LogP contribution in [0.1, 0.15) is 115 Å². The van der Waals surface area contributed by atoms with E-state index in [0.717, 1.165) is 23.7 Å². The molecule has 1 heterocycles. The van der Waals surface area contributed by atoms with Crippen LogP contribution < -0.4 is 0 Å². The van der Waals surface area contributed by atoms with E-state index in [1.807, 2.05) is 0 Å². The lowest BCUT2D eigenvalue weighted by Gasteiger charge is -2.38. The Hall–Kier alpha value is -0.850. The minimum atomic E-state index is 0.957. The molecule has 0 spiro atoms. The first-order valence-corrected chi connectivity index (χ1v) is 12.7. The molecule has 0 bridgehead atoms. The zero-order chi connectivity index (χ0) is 19.6. The number of rotatable bonds is 10. The second kappa shape index (κ2) is 12.0. The SMILES string of the molecule is CCCCc1ccc(CCC2CCC(C3CCC(CCCC)CC3)CC2)nc1. The summed E-state index contributed by atoms with van der Waals surface area (Å²) in [4.78, 5) is 4.73. The van der Waals surface area contributed by atoms with Crippen molar-refractivity contribution < 1.29 is 0 Å². The van der Waals surface area contributed by atoms with E-state index in [-0.39, 0.29) is 0 Å². The van der Waals surface area contributed by atoms with Crippen molar-refractivity contribution in [1.82, 2.24) is 4.98 Å². The van der Waals surface area contributed by atoms with E-state index < -0.39 is 0 Å². The van der Waals surface area contributed by atoms with Gasteiger partial charge in [0.2, 0.25) is 0 Å². The Kier molecular flexibility index (Phi) is 9.35. The van der Waals surface area contributed by atoms with Crippen molar-refractivity contribution in [3.8, 4) is 0 Å². The summed E-state index contributed by atoms with van der Waals surface area (Å²) < 4.78 is 0. The van der Waals surface area contributed by atoms with Crippen LogP contribution in [0.2, 0.25) is 0 Å². The lowest BCUT2D eigenvalue weighted by atomic mass is 9.68. The predicted molar refractivity (Wildman–Crippen MR) is 122 cm³/mol. The summed E-state index contributed by atoms with van der Waals surface area (Å²) in [5.74, 6) is 4.14. The first-order valence-electron chi connectivity index (χ1n) is 12.7. The summed E-state index contributed by atoms with van der Waals surface area (Å²) in [6.45, 7) is 4.60. The van der Waals surface area contributed by atoms with Gasteiger partial charge in [0.1, 0.15) is 0 Å². The Morgan fingerprint density at radius 1 is 0.714 bits per heavy atom. The zero-order valence-corrected chi connectivity index (χ0v) is 18.8. The fourth-order valence-electron chi connectivity index (χ4n) is 5.87. The molecule has 2 saturated carbocycles. The fraction of sp³-hybridized carbons (Fsp3) is 0.815. The molecular formula is C27H45N. The molecule has 3 rings (SSSR count). The highest BCUT2D eigenvalue weighted by Gasteiger charge is 2.30. The monoisotopic (exact) mass is 383 g/mol. The van der Waals surface area contributed by atoms with Gasteiger partial charge in [-0.25, -0.2) is 0 Å². The van der Waals surface area contributed by atoms with E-state index in [1.54, 1.807) is 0 Å². The van der Waals surface area contributed by atoms with Gasteiger partial charge in [-0.1, -0.05) is 71.3 Å². The summed E-state index contributed by atoms with van der Waals surface area (Å²) in [6.07, 6.45) is 24.9. The van der Waals surface area contributed by atoms with Gasteiger partial charge in [0.15, 0.2) is 0 Å². The number of pyridine rings is 1. The Balaban J connectivity index is 1.32. The van der Waals surface area contributed by atoms with Crippen molar-refractivity contribution >= 4 is 0 Å². The molecule has 2 fully saturated rings. The molecule has 1 heteroatoms. The number of unbranched alkanes of at least 4 members (excludes halogenated alkanes) is 2. The lowest BCUT2D eigenvalue weighted by molar-refractivity contribution is 0.140. The summed E-state index contributed by atoms with van der Waals surface area (Å²) in [7, 11) is 0. The number of aromatic nitrogens is 1. The Labute approximate surface area is 175 Å². The molecule has 0 aliphatic heterocycles. The van der Waals surface area contributed by atoms with Crippen LogP contribution in [0.15, 0.2) is 18.3 Å². The molecule has 1 aromatic rings. The summed E-state index contributed by atoms with van der Waals surface area (Å²) in [6, 6.07) is 4.60. The van der Waals surface area contributed by atoms with Crippen molar-refractivity contribution in [2.75, 3.05) is 0 Å². The maximum Gasteiger partial charge on any atom is 0.0403 e. The van der Waals surface area contributed by atoms with E-state index in [1.165, 1.54) is 114 Å². The van der Waals surface area contributed by atoms with Crippen molar-refractivity contribution in [2.24, 2.45) is 23.7 Å². The van der Waals surface area contributed by atoms with Crippen LogP contribution in [0.3, 0.4) is 0 Å². The first-order chi connectivity index (χ1) is 13.8. The summed E-state index contributed by atoms with van der Waals surface area (Å²) in [5.41, 5.74) is 2.73. The molecule has 28 heavy (non-hydrogen) atoms. The van der Waals surface area contributed by atoms with Crippen LogP contribution in [0, 0.1) is 23.7 Å². The first kappa shape index (κ1) is 21.8. The Bertz CT molecular complexity index is 518. The molecule has 0 atom stereocenters. The van der Waals surface area contributed by atoms with E-state index in [9.17, 15) is 0 Å². The number of hydrogen-bond donors (Lipinski definition) is 0. The van der Waals surface area contributed by atoms with Crippen molar-refractivity contribution in [3.63, 3.8) is 0 Å². The lowest BCUT2D eigenvalue weighted by Crippen LogP contribution is -2.26. The van der Waals surface area contributed by atoms with E-state index in [0.29, 0.717) is 0 Å². The Morgan fingerprint density at radius 3 is 1.86 bits per heavy atom. The molecule has 0 amide bonds. The van der Waals surface area contributed by atoms with Gasteiger partial charge in [-0.2, -0.15) is 0 Å². The number of nitrogens with zero attached hydrogens (tertiary/aromatic N) is 1. The molecule has 2 aliphatic carbocycles. The zero-order valence-electron chi connectivity index (χ0n) is 18.8. The normalized spacial score (nSPS) is 28.4. The molecule has 1 aromatic heterocycles. The van der Waals surface area contributed by atoms with Gasteiger partial charge in [0, 0.05) is 11.9 Å². The minimum Gasteiger partial charge on any atom is -0.261 e. The van der Waals surface area contributed by atoms with Gasteiger partial charge in [0.25, 0.3) is 0 Å². The van der Waals surface area contributed by atoms with Gasteiger partial charge in [0.05, 0.1) is 0 Å². The van der Waals surface area contributed by atoms with Crippen LogP contribution in [-0.4, -0.2) is 4.98 Å². The highest BCUT2D eigenvalue weighted by molar-refractivity contribution is 5.14. The maximum atomic E-state index is 4.73. The topological polar surface area (TPSA) is 12.9 Å². The molecule has 158 valence electrons. The molecule has 0 aromatic carbocycles. The van der Waals surface area contributed by atoms with Crippen molar-refractivity contribution in [3.05, 3.63) is 29.6 Å². The quantitative estimate of drug-likeness (QED) is 0.397. The van der Waals surface area contributed by atoms with Crippen LogP contribution in [0.25, 0.3) is 0 Å². The van der Waals surface area contributed by atoms with Gasteiger partial charge >= 0.3 is 0 Å². The third kappa shape index (κ3) is 6.89. The van der Waals surface area contributed by atoms with Crippen LogP contribution in [0.5, 0.6) is 0 Å². The van der Waals surface area contributed by atoms with E-state index >= 15 is 0 Å². The van der Waals surface area contributed by atoms with E-state index in [2.05, 4.69) is 32.2 Å². The third-order valence-corrected chi connectivity index (χ3v) is 7.93. The molecule has 0 radical (unpaired) electrons. The highest BCUT2D eigenvalue weighted by Crippen LogP contribution is 2.43. The smallest absolute Gasteiger partial charge is 0.0403 e. The molecular weight excluding hydrogens is 338 g/mol. The van der Waals surface area contributed by atoms with Gasteiger partial charge < -0.3 is 0 Å². The van der Waals surface area contributed by atoms with Gasteiger partial charge in [-0.15, -0.1) is 0 Å². The standard InChI is InChI=1S/C27H45N/c1-3-5-7-22-9-15-25(16-10-22)26-17-11-23(12-18-26)13-19-27-20-14-24(21-28-27)8-6-4-2/h14,20-23,25-26H,3-13,15-19H2,1-2H3. The van der Waals surface area contributed by atoms with Crippen LogP contribution in [0.4, 0.5) is 0 Å². The number of hydrogen-bond acceptors (Lipinski definition) is 1. The average Bonchev–Trinajstić information content (AvgIpc) is 2.76. The molecule has 0 unspecified atom stereocenters. The van der Waals surface area contributed by atoms with E-state index in [4.69, 9.17) is 4.98 Å². The van der Waals surface area contributed by atoms with Crippen molar-refractivity contribution in [2.45, 2.75) is 117 Å². The highest BCUT2D eigenvalue weighted by atomic mass is 14.7. The molecule has 0 saturated heterocycles. The number of aryl methyl sites for hydroxylation is 2. The third-order valence-electron chi connectivity index (χ3n) is 7.93. The second-order valence-electron chi connectivity index (χ2n) is 10.0. The average molecular weight is 384 g/mol. The predicted octanol–water partition coefficient (Wildman–Crippen LogP) is 8.16. The summed E-state index contributed by atoms with van der Waals surface area (Å²) >= 11 is 0. The fourth-order valence-corrected chi connectivity index (χ4v) is 5.87. The maximum absolute atomic E-state index is 4.73.